The summed E-state index contributed by atoms with van der Waals surface area (Å²) in [7, 11) is 0. The van der Waals surface area contributed by atoms with Crippen molar-refractivity contribution >= 4 is 17.7 Å². The van der Waals surface area contributed by atoms with Gasteiger partial charge < -0.3 is 10.6 Å². The van der Waals surface area contributed by atoms with Gasteiger partial charge in [-0.05, 0) is 5.56 Å². The Hall–Kier alpha value is -2.21. The molecule has 2 atom stereocenters. The van der Waals surface area contributed by atoms with Gasteiger partial charge in [0.25, 0.3) is 0 Å². The van der Waals surface area contributed by atoms with E-state index in [1.165, 1.54) is 4.90 Å². The van der Waals surface area contributed by atoms with Crippen molar-refractivity contribution in [3.05, 3.63) is 35.9 Å². The van der Waals surface area contributed by atoms with E-state index in [1.807, 2.05) is 30.3 Å². The predicted molar refractivity (Wildman–Crippen MR) is 72.3 cm³/mol. The summed E-state index contributed by atoms with van der Waals surface area (Å²) in [5, 5.41) is 2.16. The second-order valence-corrected chi connectivity index (χ2v) is 4.89. The van der Waals surface area contributed by atoms with Crippen molar-refractivity contribution in [2.75, 3.05) is 13.1 Å². The highest BCUT2D eigenvalue weighted by Crippen LogP contribution is 2.21. The number of piperazine rings is 1. The molecule has 2 rings (SSSR count). The number of benzene rings is 1. The molecule has 1 aliphatic rings. The second-order valence-electron chi connectivity index (χ2n) is 4.89. The van der Waals surface area contributed by atoms with Crippen LogP contribution in [0.2, 0.25) is 0 Å². The van der Waals surface area contributed by atoms with Crippen LogP contribution in [0.4, 0.5) is 0 Å². The first-order valence-corrected chi connectivity index (χ1v) is 6.41. The molecule has 6 nitrogen and oxygen atoms in total. The average molecular weight is 275 g/mol. The van der Waals surface area contributed by atoms with Crippen LogP contribution in [-0.2, 0) is 14.4 Å². The summed E-state index contributed by atoms with van der Waals surface area (Å²) in [6.07, 6.45) is 0. The molecule has 0 aromatic heterocycles. The number of hydrogen-bond acceptors (Lipinski definition) is 4. The fourth-order valence-electron chi connectivity index (χ4n) is 2.20. The maximum Gasteiger partial charge on any atom is 0.246 e. The molecule has 3 N–H and O–H groups in total. The van der Waals surface area contributed by atoms with E-state index < -0.39 is 23.8 Å². The molecule has 1 aromatic rings. The van der Waals surface area contributed by atoms with Crippen LogP contribution in [0.15, 0.2) is 30.3 Å². The summed E-state index contributed by atoms with van der Waals surface area (Å²) in [5.41, 5.74) is 6.93. The molecule has 20 heavy (non-hydrogen) atoms. The van der Waals surface area contributed by atoms with Crippen molar-refractivity contribution in [2.45, 2.75) is 13.0 Å². The Morgan fingerprint density at radius 3 is 2.30 bits per heavy atom. The maximum absolute atomic E-state index is 12.3. The Balaban J connectivity index is 2.08. The van der Waals surface area contributed by atoms with Gasteiger partial charge in [0, 0.05) is 6.04 Å². The van der Waals surface area contributed by atoms with Crippen LogP contribution in [0.5, 0.6) is 0 Å². The molecule has 2 unspecified atom stereocenters. The molecular formula is C14H17N3O3. The van der Waals surface area contributed by atoms with Crippen LogP contribution in [0.3, 0.4) is 0 Å². The van der Waals surface area contributed by atoms with Crippen LogP contribution in [-0.4, -0.2) is 35.7 Å². The lowest BCUT2D eigenvalue weighted by Crippen LogP contribution is -2.55. The van der Waals surface area contributed by atoms with Crippen LogP contribution < -0.4 is 11.1 Å². The lowest BCUT2D eigenvalue weighted by Gasteiger charge is -2.30. The third-order valence-corrected chi connectivity index (χ3v) is 3.37. The zero-order chi connectivity index (χ0) is 14.7. The van der Waals surface area contributed by atoms with Gasteiger partial charge in [0.1, 0.15) is 13.1 Å². The average Bonchev–Trinajstić information content (AvgIpc) is 2.45. The summed E-state index contributed by atoms with van der Waals surface area (Å²) >= 11 is 0. The highest BCUT2D eigenvalue weighted by Gasteiger charge is 2.32. The Labute approximate surface area is 116 Å². The fourth-order valence-corrected chi connectivity index (χ4v) is 2.20. The summed E-state index contributed by atoms with van der Waals surface area (Å²) in [4.78, 5) is 36.1. The van der Waals surface area contributed by atoms with Crippen molar-refractivity contribution in [1.29, 1.82) is 0 Å². The first kappa shape index (κ1) is 14.2. The number of imide groups is 1. The number of carbonyl (C=O) groups is 3. The number of amides is 3. The molecular weight excluding hydrogens is 258 g/mol. The predicted octanol–water partition coefficient (Wildman–Crippen LogP) is -0.192. The van der Waals surface area contributed by atoms with Crippen molar-refractivity contribution in [3.63, 3.8) is 0 Å². The van der Waals surface area contributed by atoms with Gasteiger partial charge in [-0.1, -0.05) is 37.3 Å². The Morgan fingerprint density at radius 2 is 1.75 bits per heavy atom. The zero-order valence-corrected chi connectivity index (χ0v) is 11.2. The van der Waals surface area contributed by atoms with Crippen LogP contribution in [0, 0.1) is 5.92 Å². The molecule has 0 spiro atoms. The molecule has 1 aliphatic heterocycles. The lowest BCUT2D eigenvalue weighted by molar-refractivity contribution is -0.147. The number of hydrogen-bond donors (Lipinski definition) is 2. The molecule has 106 valence electrons. The van der Waals surface area contributed by atoms with Gasteiger partial charge in [-0.2, -0.15) is 0 Å². The molecule has 0 radical (unpaired) electrons. The first-order chi connectivity index (χ1) is 9.49. The van der Waals surface area contributed by atoms with Gasteiger partial charge >= 0.3 is 0 Å². The van der Waals surface area contributed by atoms with Gasteiger partial charge in [0.2, 0.25) is 17.7 Å². The highest BCUT2D eigenvalue weighted by molar-refractivity contribution is 6.02. The van der Waals surface area contributed by atoms with Crippen molar-refractivity contribution in [3.8, 4) is 0 Å². The van der Waals surface area contributed by atoms with Crippen molar-refractivity contribution in [1.82, 2.24) is 10.2 Å². The molecule has 3 amide bonds. The monoisotopic (exact) mass is 275 g/mol. The third-order valence-electron chi connectivity index (χ3n) is 3.37. The Kier molecular flexibility index (Phi) is 4.14. The summed E-state index contributed by atoms with van der Waals surface area (Å²) < 4.78 is 0. The van der Waals surface area contributed by atoms with Crippen LogP contribution in [0.25, 0.3) is 0 Å². The molecule has 1 saturated heterocycles. The minimum Gasteiger partial charge on any atom is -0.324 e. The van der Waals surface area contributed by atoms with E-state index in [9.17, 15) is 14.4 Å². The summed E-state index contributed by atoms with van der Waals surface area (Å²) in [6.45, 7) is 1.50. The maximum atomic E-state index is 12.3. The third kappa shape index (κ3) is 3.03. The minimum absolute atomic E-state index is 0.101. The molecule has 1 aromatic carbocycles. The number of nitrogens with one attached hydrogen (secondary N) is 1. The molecule has 6 heteroatoms. The smallest absolute Gasteiger partial charge is 0.246 e. The number of nitrogens with zero attached hydrogens (tertiary/aromatic N) is 1. The van der Waals surface area contributed by atoms with Gasteiger partial charge in [0.15, 0.2) is 0 Å². The standard InChI is InChI=1S/C14H17N3O3/c1-9(13(15)10-5-3-2-4-6-10)14(20)17-7-11(18)16-12(19)8-17/h2-6,9,13H,7-8,15H2,1H3,(H,16,18,19). The number of nitrogens with two attached hydrogens (primary N) is 1. The Bertz CT molecular complexity index is 514. The minimum atomic E-state index is -0.504. The van der Waals surface area contributed by atoms with Gasteiger partial charge in [0.05, 0.1) is 5.92 Å². The number of rotatable bonds is 3. The van der Waals surface area contributed by atoms with Gasteiger partial charge in [-0.25, -0.2) is 0 Å². The summed E-state index contributed by atoms with van der Waals surface area (Å²) in [5.74, 6) is -1.72. The van der Waals surface area contributed by atoms with E-state index >= 15 is 0 Å². The fraction of sp³-hybridized carbons (Fsp3) is 0.357. The van der Waals surface area contributed by atoms with E-state index in [0.29, 0.717) is 0 Å². The zero-order valence-electron chi connectivity index (χ0n) is 11.2. The van der Waals surface area contributed by atoms with Crippen molar-refractivity contribution < 1.29 is 14.4 Å². The highest BCUT2D eigenvalue weighted by atomic mass is 16.2. The second kappa shape index (κ2) is 5.83. The topological polar surface area (TPSA) is 92.5 Å². The van der Waals surface area contributed by atoms with Crippen LogP contribution >= 0.6 is 0 Å². The van der Waals surface area contributed by atoms with E-state index in [0.717, 1.165) is 5.56 Å². The molecule has 1 fully saturated rings. The summed E-state index contributed by atoms with van der Waals surface area (Å²) in [6, 6.07) is 8.80. The SMILES string of the molecule is CC(C(=O)N1CC(=O)NC(=O)C1)C(N)c1ccccc1. The number of carbonyl (C=O) groups excluding carboxylic acids is 3. The lowest BCUT2D eigenvalue weighted by atomic mass is 9.94. The first-order valence-electron chi connectivity index (χ1n) is 6.41. The van der Waals surface area contributed by atoms with E-state index in [1.54, 1.807) is 6.92 Å². The Morgan fingerprint density at radius 1 is 1.20 bits per heavy atom. The van der Waals surface area contributed by atoms with Gasteiger partial charge in [-0.3, -0.25) is 19.7 Å². The molecule has 0 aliphatic carbocycles. The normalized spacial score (nSPS) is 18.4. The van der Waals surface area contributed by atoms with Gasteiger partial charge in [-0.15, -0.1) is 0 Å². The molecule has 0 saturated carbocycles. The van der Waals surface area contributed by atoms with E-state index in [-0.39, 0.29) is 19.0 Å². The largest absolute Gasteiger partial charge is 0.324 e. The van der Waals surface area contributed by atoms with Crippen LogP contribution in [0.1, 0.15) is 18.5 Å². The molecule has 1 heterocycles. The van der Waals surface area contributed by atoms with Crippen molar-refractivity contribution in [2.24, 2.45) is 11.7 Å². The van der Waals surface area contributed by atoms with E-state index in [4.69, 9.17) is 5.73 Å². The van der Waals surface area contributed by atoms with E-state index in [2.05, 4.69) is 5.32 Å². The quantitative estimate of drug-likeness (QED) is 0.748. The molecule has 0 bridgehead atoms.